The van der Waals surface area contributed by atoms with E-state index in [2.05, 4.69) is 27.6 Å². The summed E-state index contributed by atoms with van der Waals surface area (Å²) in [4.78, 5) is 14.2. The van der Waals surface area contributed by atoms with Crippen molar-refractivity contribution in [3.8, 4) is 0 Å². The summed E-state index contributed by atoms with van der Waals surface area (Å²) in [5.41, 5.74) is 0.906. The van der Waals surface area contributed by atoms with Gasteiger partial charge in [-0.1, -0.05) is 0 Å². The zero-order chi connectivity index (χ0) is 13.1. The lowest BCUT2D eigenvalue weighted by Gasteiger charge is -2.33. The van der Waals surface area contributed by atoms with E-state index in [1.807, 2.05) is 20.0 Å². The molecule has 1 aliphatic heterocycles. The smallest absolute Gasteiger partial charge is 0.239 e. The first-order chi connectivity index (χ1) is 8.56. The van der Waals surface area contributed by atoms with E-state index >= 15 is 0 Å². The third-order valence-electron chi connectivity index (χ3n) is 3.26. The molecule has 18 heavy (non-hydrogen) atoms. The number of aryl methyl sites for hydroxylation is 2. The van der Waals surface area contributed by atoms with Crippen molar-refractivity contribution in [3.63, 3.8) is 0 Å². The molecule has 0 spiro atoms. The molecule has 6 heteroatoms. The van der Waals surface area contributed by atoms with Crippen molar-refractivity contribution in [2.75, 3.05) is 31.5 Å². The lowest BCUT2D eigenvalue weighted by molar-refractivity contribution is -0.118. The van der Waals surface area contributed by atoms with Crippen LogP contribution in [-0.4, -0.2) is 52.8 Å². The van der Waals surface area contributed by atoms with Crippen molar-refractivity contribution in [1.29, 1.82) is 0 Å². The number of carbonyl (C=O) groups is 1. The molecule has 0 aromatic carbocycles. The molecule has 2 rings (SSSR count). The summed E-state index contributed by atoms with van der Waals surface area (Å²) in [5, 5.41) is 10.4. The van der Waals surface area contributed by atoms with Crippen LogP contribution < -0.4 is 10.6 Å². The van der Waals surface area contributed by atoms with Gasteiger partial charge in [0.25, 0.3) is 0 Å². The number of hydrogen-bond donors (Lipinski definition) is 2. The molecule has 1 aromatic heterocycles. The van der Waals surface area contributed by atoms with Crippen LogP contribution in [-0.2, 0) is 11.8 Å². The largest absolute Gasteiger partial charge is 0.314 e. The Bertz CT molecular complexity index is 428. The monoisotopic (exact) mass is 251 g/mol. The first-order valence-corrected chi connectivity index (χ1v) is 6.31. The molecule has 1 amide bonds. The van der Waals surface area contributed by atoms with Gasteiger partial charge >= 0.3 is 0 Å². The Labute approximate surface area is 107 Å². The Kier molecular flexibility index (Phi) is 3.98. The first kappa shape index (κ1) is 13.0. The second-order valence-corrected chi connectivity index (χ2v) is 4.87. The quantitative estimate of drug-likeness (QED) is 0.791. The van der Waals surface area contributed by atoms with Crippen LogP contribution in [0.2, 0.25) is 0 Å². The summed E-state index contributed by atoms with van der Waals surface area (Å²) in [7, 11) is 1.83. The van der Waals surface area contributed by atoms with E-state index in [0.29, 0.717) is 12.6 Å². The minimum absolute atomic E-state index is 0.0201. The summed E-state index contributed by atoms with van der Waals surface area (Å²) < 4.78 is 1.69. The minimum Gasteiger partial charge on any atom is -0.314 e. The predicted octanol–water partition coefficient (Wildman–Crippen LogP) is -0.0393. The maximum atomic E-state index is 12.0. The van der Waals surface area contributed by atoms with Crippen LogP contribution in [0.1, 0.15) is 12.6 Å². The summed E-state index contributed by atoms with van der Waals surface area (Å²) in [6.45, 7) is 7.29. The van der Waals surface area contributed by atoms with Gasteiger partial charge in [-0.15, -0.1) is 0 Å². The van der Waals surface area contributed by atoms with Gasteiger partial charge in [-0.2, -0.15) is 5.10 Å². The lowest BCUT2D eigenvalue weighted by atomic mass is 10.2. The van der Waals surface area contributed by atoms with E-state index < -0.39 is 0 Å². The summed E-state index contributed by atoms with van der Waals surface area (Å²) >= 11 is 0. The fraction of sp³-hybridized carbons (Fsp3) is 0.667. The average molecular weight is 251 g/mol. The van der Waals surface area contributed by atoms with Crippen LogP contribution in [0.4, 0.5) is 5.82 Å². The van der Waals surface area contributed by atoms with E-state index in [1.54, 1.807) is 4.68 Å². The Balaban J connectivity index is 1.90. The number of anilines is 1. The molecule has 100 valence electrons. The SMILES string of the molecule is Cc1cc(NC(=O)CN2CCNC[C@@H]2C)n(C)n1. The second-order valence-electron chi connectivity index (χ2n) is 4.87. The Morgan fingerprint density at radius 3 is 3.06 bits per heavy atom. The van der Waals surface area contributed by atoms with Gasteiger partial charge in [-0.05, 0) is 13.8 Å². The molecule has 1 saturated heterocycles. The second kappa shape index (κ2) is 5.49. The fourth-order valence-electron chi connectivity index (χ4n) is 2.21. The molecule has 1 aliphatic rings. The van der Waals surface area contributed by atoms with E-state index in [4.69, 9.17) is 0 Å². The van der Waals surface area contributed by atoms with Crippen LogP contribution in [0.3, 0.4) is 0 Å². The van der Waals surface area contributed by atoms with Gasteiger partial charge in [-0.25, -0.2) is 0 Å². The predicted molar refractivity (Wildman–Crippen MR) is 70.5 cm³/mol. The zero-order valence-electron chi connectivity index (χ0n) is 11.2. The van der Waals surface area contributed by atoms with Gasteiger partial charge in [0.15, 0.2) is 0 Å². The number of nitrogens with zero attached hydrogens (tertiary/aromatic N) is 3. The van der Waals surface area contributed by atoms with E-state index in [1.165, 1.54) is 0 Å². The molecule has 0 unspecified atom stereocenters. The third-order valence-corrected chi connectivity index (χ3v) is 3.26. The molecule has 1 fully saturated rings. The highest BCUT2D eigenvalue weighted by Crippen LogP contribution is 2.08. The molecule has 0 aliphatic carbocycles. The molecule has 0 bridgehead atoms. The molecule has 0 radical (unpaired) electrons. The normalized spacial score (nSPS) is 20.9. The third kappa shape index (κ3) is 3.08. The molecule has 1 atom stereocenters. The minimum atomic E-state index is 0.0201. The van der Waals surface area contributed by atoms with Crippen LogP contribution in [0, 0.1) is 6.92 Å². The van der Waals surface area contributed by atoms with E-state index in [-0.39, 0.29) is 5.91 Å². The van der Waals surface area contributed by atoms with Crippen LogP contribution in [0.15, 0.2) is 6.07 Å². The zero-order valence-corrected chi connectivity index (χ0v) is 11.2. The number of piperazine rings is 1. The van der Waals surface area contributed by atoms with E-state index in [0.717, 1.165) is 31.1 Å². The van der Waals surface area contributed by atoms with Crippen LogP contribution in [0.5, 0.6) is 0 Å². The molecule has 2 N–H and O–H groups in total. The average Bonchev–Trinajstić information content (AvgIpc) is 2.61. The van der Waals surface area contributed by atoms with Crippen LogP contribution in [0.25, 0.3) is 0 Å². The molecule has 1 aromatic rings. The van der Waals surface area contributed by atoms with Crippen molar-refractivity contribution in [2.24, 2.45) is 7.05 Å². The number of hydrogen-bond acceptors (Lipinski definition) is 4. The van der Waals surface area contributed by atoms with Crippen molar-refractivity contribution in [3.05, 3.63) is 11.8 Å². The first-order valence-electron chi connectivity index (χ1n) is 6.31. The Hall–Kier alpha value is -1.40. The lowest BCUT2D eigenvalue weighted by Crippen LogP contribution is -2.52. The van der Waals surface area contributed by atoms with Crippen LogP contribution >= 0.6 is 0 Å². The molecule has 2 heterocycles. The number of carbonyl (C=O) groups excluding carboxylic acids is 1. The molecule has 0 saturated carbocycles. The summed E-state index contributed by atoms with van der Waals surface area (Å²) in [6, 6.07) is 2.27. The van der Waals surface area contributed by atoms with Gasteiger partial charge in [0.05, 0.1) is 12.2 Å². The van der Waals surface area contributed by atoms with Crippen molar-refractivity contribution in [2.45, 2.75) is 19.9 Å². The van der Waals surface area contributed by atoms with Gasteiger partial charge < -0.3 is 10.6 Å². The van der Waals surface area contributed by atoms with Gasteiger partial charge in [0.2, 0.25) is 5.91 Å². The number of aromatic nitrogens is 2. The highest BCUT2D eigenvalue weighted by atomic mass is 16.2. The maximum absolute atomic E-state index is 12.0. The Morgan fingerprint density at radius 2 is 2.44 bits per heavy atom. The van der Waals surface area contributed by atoms with Gasteiger partial charge in [0.1, 0.15) is 5.82 Å². The number of amides is 1. The number of rotatable bonds is 3. The topological polar surface area (TPSA) is 62.2 Å². The summed E-state index contributed by atoms with van der Waals surface area (Å²) in [6.07, 6.45) is 0. The van der Waals surface area contributed by atoms with E-state index in [9.17, 15) is 4.79 Å². The number of nitrogens with one attached hydrogen (secondary N) is 2. The van der Waals surface area contributed by atoms with Gasteiger partial charge in [-0.3, -0.25) is 14.4 Å². The summed E-state index contributed by atoms with van der Waals surface area (Å²) in [5.74, 6) is 0.770. The standard InChI is InChI=1S/C12H21N5O/c1-9-6-11(16(3)15-9)14-12(18)8-17-5-4-13-7-10(17)2/h6,10,13H,4-5,7-8H2,1-3H3,(H,14,18)/t10-/m0/s1. The van der Waals surface area contributed by atoms with Gasteiger partial charge in [0, 0.05) is 38.8 Å². The Morgan fingerprint density at radius 1 is 1.67 bits per heavy atom. The van der Waals surface area contributed by atoms with Crippen molar-refractivity contribution < 1.29 is 4.79 Å². The molecular formula is C12H21N5O. The highest BCUT2D eigenvalue weighted by Gasteiger charge is 2.20. The van der Waals surface area contributed by atoms with Crippen molar-refractivity contribution in [1.82, 2.24) is 20.0 Å². The molecular weight excluding hydrogens is 230 g/mol. The molecule has 6 nitrogen and oxygen atoms in total. The fourth-order valence-corrected chi connectivity index (χ4v) is 2.21. The van der Waals surface area contributed by atoms with Crippen molar-refractivity contribution >= 4 is 11.7 Å². The highest BCUT2D eigenvalue weighted by molar-refractivity contribution is 5.91. The maximum Gasteiger partial charge on any atom is 0.239 e.